The molecule has 0 saturated carbocycles. The van der Waals surface area contributed by atoms with Crippen molar-refractivity contribution in [3.63, 3.8) is 0 Å². The van der Waals surface area contributed by atoms with Crippen LogP contribution in [-0.2, 0) is 9.59 Å². The van der Waals surface area contributed by atoms with Crippen molar-refractivity contribution in [3.8, 4) is 0 Å². The predicted octanol–water partition coefficient (Wildman–Crippen LogP) is 3.65. The number of hydrogen-bond acceptors (Lipinski definition) is 2. The van der Waals surface area contributed by atoms with Gasteiger partial charge >= 0.3 is 0 Å². The number of carbonyl (C=O) groups excluding carboxylic acids is 2. The van der Waals surface area contributed by atoms with Crippen molar-refractivity contribution in [2.45, 2.75) is 12.8 Å². The van der Waals surface area contributed by atoms with Gasteiger partial charge in [-0.3, -0.25) is 9.59 Å². The Morgan fingerprint density at radius 1 is 0.667 bits per heavy atom. The summed E-state index contributed by atoms with van der Waals surface area (Å²) >= 11 is 0. The molecule has 3 aromatic rings. The summed E-state index contributed by atoms with van der Waals surface area (Å²) in [6.07, 6.45) is 0.617. The summed E-state index contributed by atoms with van der Waals surface area (Å²) in [7, 11) is 0. The van der Waals surface area contributed by atoms with Crippen LogP contribution in [0.3, 0.4) is 0 Å². The lowest BCUT2D eigenvalue weighted by molar-refractivity contribution is -0.121. The van der Waals surface area contributed by atoms with Crippen molar-refractivity contribution in [1.82, 2.24) is 0 Å². The van der Waals surface area contributed by atoms with E-state index in [0.29, 0.717) is 18.5 Å². The molecule has 1 heterocycles. The molecule has 4 rings (SSSR count). The smallest absolute Gasteiger partial charge is 0.234 e. The summed E-state index contributed by atoms with van der Waals surface area (Å²) in [5.74, 6) is -0.221. The lowest BCUT2D eigenvalue weighted by atomic mass is 10.0. The van der Waals surface area contributed by atoms with Gasteiger partial charge in [-0.25, -0.2) is 4.90 Å². The van der Waals surface area contributed by atoms with Gasteiger partial charge in [0.15, 0.2) is 0 Å². The van der Waals surface area contributed by atoms with Crippen molar-refractivity contribution in [1.29, 1.82) is 0 Å². The fraction of sp³-hybridized carbons (Fsp3) is 0.111. The van der Waals surface area contributed by atoms with E-state index >= 15 is 0 Å². The van der Waals surface area contributed by atoms with Crippen LogP contribution in [0.5, 0.6) is 0 Å². The van der Waals surface area contributed by atoms with Gasteiger partial charge in [-0.2, -0.15) is 0 Å². The summed E-state index contributed by atoms with van der Waals surface area (Å²) < 4.78 is 0. The van der Waals surface area contributed by atoms with E-state index in [1.54, 1.807) is 0 Å². The van der Waals surface area contributed by atoms with Gasteiger partial charge in [-0.15, -0.1) is 0 Å². The Bertz CT molecular complexity index is 882. The van der Waals surface area contributed by atoms with E-state index in [1.807, 2.05) is 42.5 Å². The monoisotopic (exact) mass is 275 g/mol. The number of nitrogens with zero attached hydrogens (tertiary/aromatic N) is 1. The van der Waals surface area contributed by atoms with E-state index in [2.05, 4.69) is 12.1 Å². The molecule has 3 aromatic carbocycles. The molecule has 0 aliphatic carbocycles. The van der Waals surface area contributed by atoms with Crippen molar-refractivity contribution in [2.24, 2.45) is 0 Å². The predicted molar refractivity (Wildman–Crippen MR) is 83.2 cm³/mol. The van der Waals surface area contributed by atoms with Crippen LogP contribution in [0.25, 0.3) is 21.5 Å². The molecule has 0 aromatic heterocycles. The number of carbonyl (C=O) groups is 2. The van der Waals surface area contributed by atoms with E-state index in [0.717, 1.165) is 21.5 Å². The number of rotatable bonds is 1. The second-order valence-corrected chi connectivity index (χ2v) is 5.28. The average Bonchev–Trinajstić information content (AvgIpc) is 2.85. The minimum atomic E-state index is -0.111. The van der Waals surface area contributed by atoms with Crippen LogP contribution in [0, 0.1) is 0 Å². The molecule has 102 valence electrons. The molecule has 0 bridgehead atoms. The van der Waals surface area contributed by atoms with Crippen molar-refractivity contribution in [2.75, 3.05) is 4.90 Å². The van der Waals surface area contributed by atoms with E-state index < -0.39 is 0 Å². The Hall–Kier alpha value is -2.68. The molecule has 3 nitrogen and oxygen atoms in total. The zero-order valence-electron chi connectivity index (χ0n) is 11.4. The first-order valence-electron chi connectivity index (χ1n) is 7.02. The van der Waals surface area contributed by atoms with Gasteiger partial charge < -0.3 is 0 Å². The van der Waals surface area contributed by atoms with Crippen molar-refractivity contribution < 1.29 is 9.59 Å². The zero-order valence-corrected chi connectivity index (χ0v) is 11.4. The SMILES string of the molecule is O=C1CCC(=O)N1c1cccc2c1ccc1ccccc12. The molecule has 1 fully saturated rings. The van der Waals surface area contributed by atoms with Crippen LogP contribution in [-0.4, -0.2) is 11.8 Å². The lowest BCUT2D eigenvalue weighted by Crippen LogP contribution is -2.28. The maximum Gasteiger partial charge on any atom is 0.234 e. The fourth-order valence-electron chi connectivity index (χ4n) is 3.06. The first-order valence-corrected chi connectivity index (χ1v) is 7.02. The number of amides is 2. The van der Waals surface area contributed by atoms with Crippen LogP contribution >= 0.6 is 0 Å². The van der Waals surface area contributed by atoms with Gasteiger partial charge in [-0.05, 0) is 22.2 Å². The minimum Gasteiger partial charge on any atom is -0.274 e. The Morgan fingerprint density at radius 2 is 1.38 bits per heavy atom. The summed E-state index contributed by atoms with van der Waals surface area (Å²) in [5.41, 5.74) is 0.700. The highest BCUT2D eigenvalue weighted by molar-refractivity contribution is 6.24. The highest BCUT2D eigenvalue weighted by Gasteiger charge is 2.31. The molecule has 1 saturated heterocycles. The standard InChI is InChI=1S/C18H13NO2/c20-17-10-11-18(21)19(17)16-7-3-6-14-13-5-2-1-4-12(13)8-9-15(14)16/h1-9H,10-11H2. The largest absolute Gasteiger partial charge is 0.274 e. The molecule has 3 heteroatoms. The molecule has 21 heavy (non-hydrogen) atoms. The van der Waals surface area contributed by atoms with Crippen molar-refractivity contribution >= 4 is 39.0 Å². The van der Waals surface area contributed by atoms with E-state index in [-0.39, 0.29) is 11.8 Å². The summed E-state index contributed by atoms with van der Waals surface area (Å²) in [6, 6.07) is 17.9. The number of hydrogen-bond donors (Lipinski definition) is 0. The molecule has 0 spiro atoms. The molecule has 1 aliphatic heterocycles. The molecular formula is C18H13NO2. The van der Waals surface area contributed by atoms with Gasteiger partial charge in [0.2, 0.25) is 11.8 Å². The van der Waals surface area contributed by atoms with Crippen LogP contribution in [0.2, 0.25) is 0 Å². The summed E-state index contributed by atoms with van der Waals surface area (Å²) in [6.45, 7) is 0. The fourth-order valence-corrected chi connectivity index (χ4v) is 3.06. The van der Waals surface area contributed by atoms with E-state index in [4.69, 9.17) is 0 Å². The van der Waals surface area contributed by atoms with E-state index in [1.165, 1.54) is 4.90 Å². The van der Waals surface area contributed by atoms with Crippen LogP contribution in [0.4, 0.5) is 5.69 Å². The van der Waals surface area contributed by atoms with Crippen molar-refractivity contribution in [3.05, 3.63) is 54.6 Å². The van der Waals surface area contributed by atoms with Gasteiger partial charge in [0.05, 0.1) is 5.69 Å². The summed E-state index contributed by atoms with van der Waals surface area (Å²) in [5, 5.41) is 4.30. The quantitative estimate of drug-likeness (QED) is 0.502. The molecule has 0 N–H and O–H groups in total. The Kier molecular flexibility index (Phi) is 2.54. The van der Waals surface area contributed by atoms with Gasteiger partial charge in [0.1, 0.15) is 0 Å². The molecule has 1 aliphatic rings. The van der Waals surface area contributed by atoms with Crippen LogP contribution in [0.1, 0.15) is 12.8 Å². The minimum absolute atomic E-state index is 0.111. The Morgan fingerprint density at radius 3 is 2.19 bits per heavy atom. The summed E-state index contributed by atoms with van der Waals surface area (Å²) in [4.78, 5) is 25.3. The highest BCUT2D eigenvalue weighted by Crippen LogP contribution is 2.34. The van der Waals surface area contributed by atoms with Crippen LogP contribution < -0.4 is 4.90 Å². The first kappa shape index (κ1) is 12.1. The Labute approximate surface area is 121 Å². The van der Waals surface area contributed by atoms with E-state index in [9.17, 15) is 9.59 Å². The molecule has 0 unspecified atom stereocenters. The van der Waals surface area contributed by atoms with Gasteiger partial charge in [0.25, 0.3) is 0 Å². The number of benzene rings is 3. The highest BCUT2D eigenvalue weighted by atomic mass is 16.2. The maximum atomic E-state index is 12.0. The molecule has 0 radical (unpaired) electrons. The van der Waals surface area contributed by atoms with Gasteiger partial charge in [0, 0.05) is 18.2 Å². The topological polar surface area (TPSA) is 37.4 Å². The van der Waals surface area contributed by atoms with Crippen LogP contribution in [0.15, 0.2) is 54.6 Å². The average molecular weight is 275 g/mol. The second-order valence-electron chi connectivity index (χ2n) is 5.28. The number of anilines is 1. The molecule has 0 atom stereocenters. The third-order valence-electron chi connectivity index (χ3n) is 4.06. The normalized spacial score (nSPS) is 15.3. The number of imide groups is 1. The molecular weight excluding hydrogens is 262 g/mol. The first-order chi connectivity index (χ1) is 10.3. The molecule has 2 amide bonds. The third kappa shape index (κ3) is 1.74. The third-order valence-corrected chi connectivity index (χ3v) is 4.06. The maximum absolute atomic E-state index is 12.0. The zero-order chi connectivity index (χ0) is 14.4. The number of fused-ring (bicyclic) bond motifs is 3. The Balaban J connectivity index is 2.05. The second kappa shape index (κ2) is 4.42. The lowest BCUT2D eigenvalue weighted by Gasteiger charge is -2.17. The van der Waals surface area contributed by atoms with Gasteiger partial charge in [-0.1, -0.05) is 48.5 Å².